The Morgan fingerprint density at radius 1 is 0.879 bits per heavy atom. The quantitative estimate of drug-likeness (QED) is 0.445. The van der Waals surface area contributed by atoms with E-state index in [2.05, 4.69) is 20.6 Å². The Morgan fingerprint density at radius 3 is 2.12 bits per heavy atom. The fourth-order valence-corrected chi connectivity index (χ4v) is 3.66. The Labute approximate surface area is 194 Å². The molecule has 8 heteroatoms. The van der Waals surface area contributed by atoms with Crippen molar-refractivity contribution in [1.82, 2.24) is 15.3 Å². The van der Waals surface area contributed by atoms with Crippen LogP contribution in [0.2, 0.25) is 0 Å². The molecule has 1 saturated heterocycles. The van der Waals surface area contributed by atoms with Gasteiger partial charge >= 0.3 is 6.01 Å². The number of nitrogens with one attached hydrogen (secondary N) is 2. The van der Waals surface area contributed by atoms with Crippen molar-refractivity contribution in [2.24, 2.45) is 0 Å². The van der Waals surface area contributed by atoms with Crippen LogP contribution in [0.25, 0.3) is 0 Å². The molecular formula is C25H30N4O4. The molecule has 1 unspecified atom stereocenters. The van der Waals surface area contributed by atoms with E-state index in [1.807, 2.05) is 36.4 Å². The number of piperidine rings is 1. The summed E-state index contributed by atoms with van der Waals surface area (Å²) in [6, 6.07) is 15.3. The molecule has 2 N–H and O–H groups in total. The fraction of sp³-hybridized carbons (Fsp3) is 0.360. The molecule has 0 bridgehead atoms. The van der Waals surface area contributed by atoms with Gasteiger partial charge in [-0.3, -0.25) is 0 Å². The average molecular weight is 451 g/mol. The number of anilines is 1. The Bertz CT molecular complexity index is 1010. The monoisotopic (exact) mass is 450 g/mol. The summed E-state index contributed by atoms with van der Waals surface area (Å²) in [7, 11) is 3.25. The highest BCUT2D eigenvalue weighted by Gasteiger charge is 2.15. The van der Waals surface area contributed by atoms with Crippen molar-refractivity contribution in [3.63, 3.8) is 0 Å². The highest BCUT2D eigenvalue weighted by molar-refractivity contribution is 5.53. The number of rotatable bonds is 10. The number of hydrogen-bond donors (Lipinski definition) is 2. The maximum Gasteiger partial charge on any atom is 0.325 e. The lowest BCUT2D eigenvalue weighted by atomic mass is 10.0. The number of methoxy groups -OCH3 is 2. The largest absolute Gasteiger partial charge is 0.497 e. The molecular weight excluding hydrogens is 420 g/mol. The molecule has 0 radical (unpaired) electrons. The highest BCUT2D eigenvalue weighted by Crippen LogP contribution is 2.31. The zero-order chi connectivity index (χ0) is 22.9. The third-order valence-electron chi connectivity index (χ3n) is 5.49. The molecule has 3 aromatic rings. The van der Waals surface area contributed by atoms with E-state index in [1.54, 1.807) is 32.5 Å². The van der Waals surface area contributed by atoms with Crippen LogP contribution in [0, 0.1) is 0 Å². The van der Waals surface area contributed by atoms with E-state index in [-0.39, 0.29) is 6.01 Å². The lowest BCUT2D eigenvalue weighted by Gasteiger charge is -2.23. The van der Waals surface area contributed by atoms with Crippen molar-refractivity contribution in [2.45, 2.75) is 31.7 Å². The van der Waals surface area contributed by atoms with Gasteiger partial charge in [0.05, 0.1) is 20.4 Å². The van der Waals surface area contributed by atoms with E-state index >= 15 is 0 Å². The van der Waals surface area contributed by atoms with Crippen molar-refractivity contribution in [1.29, 1.82) is 0 Å². The van der Waals surface area contributed by atoms with Crippen LogP contribution in [-0.4, -0.2) is 43.3 Å². The molecule has 4 rings (SSSR count). The van der Waals surface area contributed by atoms with Gasteiger partial charge in [-0.05, 0) is 74.3 Å². The van der Waals surface area contributed by atoms with Crippen molar-refractivity contribution in [3.05, 3.63) is 54.7 Å². The van der Waals surface area contributed by atoms with E-state index in [0.29, 0.717) is 29.1 Å². The molecule has 1 fully saturated rings. The van der Waals surface area contributed by atoms with Crippen LogP contribution in [0.5, 0.6) is 34.9 Å². The average Bonchev–Trinajstić information content (AvgIpc) is 2.87. The first-order chi connectivity index (χ1) is 16.2. The third kappa shape index (κ3) is 6.49. The summed E-state index contributed by atoms with van der Waals surface area (Å²) in [6.07, 6.45) is 6.46. The summed E-state index contributed by atoms with van der Waals surface area (Å²) in [5.41, 5.74) is 0.712. The Hall–Kier alpha value is -3.52. The van der Waals surface area contributed by atoms with Crippen molar-refractivity contribution in [2.75, 3.05) is 32.6 Å². The zero-order valence-corrected chi connectivity index (χ0v) is 19.0. The minimum atomic E-state index is 0.197. The fourth-order valence-electron chi connectivity index (χ4n) is 3.66. The van der Waals surface area contributed by atoms with Gasteiger partial charge in [-0.2, -0.15) is 4.98 Å². The van der Waals surface area contributed by atoms with E-state index in [4.69, 9.17) is 18.9 Å². The molecule has 8 nitrogen and oxygen atoms in total. The minimum absolute atomic E-state index is 0.197. The predicted molar refractivity (Wildman–Crippen MR) is 127 cm³/mol. The lowest BCUT2D eigenvalue weighted by Crippen LogP contribution is -2.35. The molecule has 174 valence electrons. The summed E-state index contributed by atoms with van der Waals surface area (Å²) in [5, 5.41) is 6.99. The Morgan fingerprint density at radius 2 is 1.52 bits per heavy atom. The first kappa shape index (κ1) is 22.7. The highest BCUT2D eigenvalue weighted by atomic mass is 16.5. The van der Waals surface area contributed by atoms with Gasteiger partial charge in [-0.25, -0.2) is 4.98 Å². The molecule has 0 aliphatic carbocycles. The van der Waals surface area contributed by atoms with Crippen molar-refractivity contribution < 1.29 is 18.9 Å². The molecule has 0 amide bonds. The maximum absolute atomic E-state index is 6.08. The third-order valence-corrected chi connectivity index (χ3v) is 5.49. The van der Waals surface area contributed by atoms with Crippen LogP contribution in [0.1, 0.15) is 25.7 Å². The van der Waals surface area contributed by atoms with Gasteiger partial charge in [0.1, 0.15) is 28.7 Å². The number of nitrogens with zero attached hydrogens (tertiary/aromatic N) is 2. The lowest BCUT2D eigenvalue weighted by molar-refractivity contribution is 0.388. The van der Waals surface area contributed by atoms with E-state index in [9.17, 15) is 0 Å². The van der Waals surface area contributed by atoms with E-state index in [0.717, 1.165) is 31.0 Å². The maximum atomic E-state index is 6.08. The van der Waals surface area contributed by atoms with Gasteiger partial charge in [-0.1, -0.05) is 6.42 Å². The summed E-state index contributed by atoms with van der Waals surface area (Å²) in [4.78, 5) is 8.89. The number of aromatic nitrogens is 2. The van der Waals surface area contributed by atoms with Crippen LogP contribution in [-0.2, 0) is 0 Å². The van der Waals surface area contributed by atoms with Crippen molar-refractivity contribution in [3.8, 4) is 34.9 Å². The molecule has 2 aromatic carbocycles. The second kappa shape index (κ2) is 11.4. The first-order valence-electron chi connectivity index (χ1n) is 11.2. The predicted octanol–water partition coefficient (Wildman–Crippen LogP) is 5.02. The summed E-state index contributed by atoms with van der Waals surface area (Å²) in [6.45, 7) is 1.88. The molecule has 1 aliphatic rings. The standard InChI is InChI=1S/C25H30N4O4/c1-30-19-6-10-21(11-7-19)32-24-23(27-16-14-18-5-3-4-15-26-18)17-28-25(29-24)33-22-12-8-20(31-2)9-13-22/h6-13,17-18,26-27H,3-5,14-16H2,1-2H3. The summed E-state index contributed by atoms with van der Waals surface area (Å²) >= 11 is 0. The molecule has 0 saturated carbocycles. The molecule has 33 heavy (non-hydrogen) atoms. The molecule has 1 atom stereocenters. The Kier molecular flexibility index (Phi) is 7.81. The van der Waals surface area contributed by atoms with Crippen LogP contribution < -0.4 is 29.6 Å². The minimum Gasteiger partial charge on any atom is -0.497 e. The van der Waals surface area contributed by atoms with Crippen molar-refractivity contribution >= 4 is 5.69 Å². The first-order valence-corrected chi connectivity index (χ1v) is 11.2. The van der Waals surface area contributed by atoms with Crippen LogP contribution >= 0.6 is 0 Å². The molecule has 1 aromatic heterocycles. The summed E-state index contributed by atoms with van der Waals surface area (Å²) < 4.78 is 22.3. The number of ether oxygens (including phenoxy) is 4. The number of benzene rings is 2. The van der Waals surface area contributed by atoms with Crippen LogP contribution in [0.15, 0.2) is 54.7 Å². The molecule has 0 spiro atoms. The molecule has 2 heterocycles. The van der Waals surface area contributed by atoms with Gasteiger partial charge in [0.2, 0.25) is 5.88 Å². The SMILES string of the molecule is COc1ccc(Oc2ncc(NCCC3CCCCN3)c(Oc3ccc(OC)cc3)n2)cc1. The smallest absolute Gasteiger partial charge is 0.325 e. The van der Waals surface area contributed by atoms with E-state index < -0.39 is 0 Å². The molecule has 1 aliphatic heterocycles. The van der Waals surface area contributed by atoms with Gasteiger partial charge in [0, 0.05) is 12.6 Å². The van der Waals surface area contributed by atoms with Gasteiger partial charge < -0.3 is 29.6 Å². The van der Waals surface area contributed by atoms with E-state index in [1.165, 1.54) is 19.3 Å². The number of hydrogen-bond acceptors (Lipinski definition) is 8. The second-order valence-corrected chi connectivity index (χ2v) is 7.79. The topological polar surface area (TPSA) is 86.8 Å². The summed E-state index contributed by atoms with van der Waals surface area (Å²) in [5.74, 6) is 3.15. The normalized spacial score (nSPS) is 15.5. The second-order valence-electron chi connectivity index (χ2n) is 7.79. The van der Waals surface area contributed by atoms with Crippen LogP contribution in [0.4, 0.5) is 5.69 Å². The Balaban J connectivity index is 1.48. The van der Waals surface area contributed by atoms with Crippen LogP contribution in [0.3, 0.4) is 0 Å². The van der Waals surface area contributed by atoms with Gasteiger partial charge in [0.15, 0.2) is 0 Å². The van der Waals surface area contributed by atoms with Gasteiger partial charge in [-0.15, -0.1) is 0 Å². The van der Waals surface area contributed by atoms with Gasteiger partial charge in [0.25, 0.3) is 0 Å². The zero-order valence-electron chi connectivity index (χ0n) is 19.0.